The summed E-state index contributed by atoms with van der Waals surface area (Å²) in [6.07, 6.45) is 6.14. The van der Waals surface area contributed by atoms with Crippen LogP contribution < -0.4 is 5.32 Å². The van der Waals surface area contributed by atoms with E-state index in [2.05, 4.69) is 30.9 Å². The van der Waals surface area contributed by atoms with E-state index < -0.39 is 0 Å². The van der Waals surface area contributed by atoms with Gasteiger partial charge < -0.3 is 5.32 Å². The minimum absolute atomic E-state index is 0.453. The number of fused-ring (bicyclic) bond motifs is 1. The zero-order chi connectivity index (χ0) is 14.7. The standard InChI is InChI=1S/C16H25N3S2/c1-3-17-15-12-7-5-4-6-8-13(12)18-16(19-15)14-11(2)20-9-10-21-14/h11,14H,3-10H2,1-2H3,(H,17,18,19). The van der Waals surface area contributed by atoms with E-state index in [1.54, 1.807) is 0 Å². The maximum Gasteiger partial charge on any atom is 0.145 e. The summed E-state index contributed by atoms with van der Waals surface area (Å²) in [5.41, 5.74) is 2.70. The van der Waals surface area contributed by atoms with E-state index in [1.807, 2.05) is 11.8 Å². The van der Waals surface area contributed by atoms with E-state index >= 15 is 0 Å². The summed E-state index contributed by atoms with van der Waals surface area (Å²) in [5.74, 6) is 4.66. The van der Waals surface area contributed by atoms with Crippen LogP contribution in [0.2, 0.25) is 0 Å². The fourth-order valence-electron chi connectivity index (χ4n) is 3.15. The Bertz CT molecular complexity index is 493. The van der Waals surface area contributed by atoms with Gasteiger partial charge in [0.15, 0.2) is 0 Å². The molecule has 2 heterocycles. The molecule has 0 bridgehead atoms. The third-order valence-electron chi connectivity index (χ3n) is 4.24. The van der Waals surface area contributed by atoms with Gasteiger partial charge in [-0.25, -0.2) is 9.97 Å². The highest BCUT2D eigenvalue weighted by Crippen LogP contribution is 2.42. The molecule has 1 aromatic rings. The maximum absolute atomic E-state index is 5.00. The molecule has 21 heavy (non-hydrogen) atoms. The first kappa shape index (κ1) is 15.5. The highest BCUT2D eigenvalue weighted by atomic mass is 32.2. The largest absolute Gasteiger partial charge is 0.370 e. The molecule has 1 N–H and O–H groups in total. The summed E-state index contributed by atoms with van der Waals surface area (Å²) < 4.78 is 0. The number of rotatable bonds is 3. The fourth-order valence-corrected chi connectivity index (χ4v) is 5.84. The van der Waals surface area contributed by atoms with Crippen molar-refractivity contribution in [3.63, 3.8) is 0 Å². The predicted molar refractivity (Wildman–Crippen MR) is 94.6 cm³/mol. The minimum atomic E-state index is 0.453. The first-order chi connectivity index (χ1) is 10.3. The van der Waals surface area contributed by atoms with E-state index in [-0.39, 0.29) is 0 Å². The molecule has 1 fully saturated rings. The SMILES string of the molecule is CCNc1nc(C2SCCSC2C)nc2c1CCCCC2. The third kappa shape index (κ3) is 3.50. The summed E-state index contributed by atoms with van der Waals surface area (Å²) in [6, 6.07) is 0. The monoisotopic (exact) mass is 323 g/mol. The number of thioether (sulfide) groups is 2. The average Bonchev–Trinajstić information content (AvgIpc) is 2.73. The lowest BCUT2D eigenvalue weighted by Gasteiger charge is -2.27. The molecule has 0 spiro atoms. The highest BCUT2D eigenvalue weighted by Gasteiger charge is 2.28. The van der Waals surface area contributed by atoms with Crippen LogP contribution in [0.1, 0.15) is 55.4 Å². The normalized spacial score (nSPS) is 26.0. The second-order valence-corrected chi connectivity index (χ2v) is 8.55. The van der Waals surface area contributed by atoms with Gasteiger partial charge in [-0.3, -0.25) is 0 Å². The summed E-state index contributed by atoms with van der Waals surface area (Å²) in [7, 11) is 0. The molecule has 1 aliphatic heterocycles. The van der Waals surface area contributed by atoms with Crippen molar-refractivity contribution in [3.8, 4) is 0 Å². The van der Waals surface area contributed by atoms with Crippen LogP contribution in [0.25, 0.3) is 0 Å². The van der Waals surface area contributed by atoms with Crippen LogP contribution in [0, 0.1) is 0 Å². The van der Waals surface area contributed by atoms with Gasteiger partial charge in [-0.05, 0) is 32.6 Å². The van der Waals surface area contributed by atoms with Crippen molar-refractivity contribution in [2.45, 2.75) is 56.5 Å². The second-order valence-electron chi connectivity index (χ2n) is 5.81. The maximum atomic E-state index is 5.00. The van der Waals surface area contributed by atoms with Crippen LogP contribution in [0.4, 0.5) is 5.82 Å². The Labute approximate surface area is 136 Å². The third-order valence-corrected chi connectivity index (χ3v) is 7.32. The molecule has 1 aromatic heterocycles. The van der Waals surface area contributed by atoms with Crippen molar-refractivity contribution in [1.82, 2.24) is 9.97 Å². The molecule has 116 valence electrons. The molecule has 3 rings (SSSR count). The summed E-state index contributed by atoms with van der Waals surface area (Å²) in [4.78, 5) is 9.94. The zero-order valence-electron chi connectivity index (χ0n) is 13.0. The number of anilines is 1. The molecular formula is C16H25N3S2. The van der Waals surface area contributed by atoms with Crippen molar-refractivity contribution >= 4 is 29.3 Å². The Hall–Kier alpha value is -0.420. The van der Waals surface area contributed by atoms with Gasteiger partial charge in [0.25, 0.3) is 0 Å². The molecule has 2 aliphatic rings. The van der Waals surface area contributed by atoms with Crippen LogP contribution in [0.5, 0.6) is 0 Å². The van der Waals surface area contributed by atoms with Gasteiger partial charge in [-0.15, -0.1) is 11.8 Å². The molecule has 0 amide bonds. The van der Waals surface area contributed by atoms with Gasteiger partial charge in [0, 0.05) is 34.6 Å². The van der Waals surface area contributed by atoms with Crippen LogP contribution in [-0.2, 0) is 12.8 Å². The Balaban J connectivity index is 1.97. The first-order valence-electron chi connectivity index (χ1n) is 8.16. The number of hydrogen-bond acceptors (Lipinski definition) is 5. The van der Waals surface area contributed by atoms with Gasteiger partial charge in [-0.1, -0.05) is 13.3 Å². The Morgan fingerprint density at radius 3 is 2.71 bits per heavy atom. The number of aromatic nitrogens is 2. The van der Waals surface area contributed by atoms with Crippen LogP contribution in [0.15, 0.2) is 0 Å². The van der Waals surface area contributed by atoms with Crippen molar-refractivity contribution in [2.75, 3.05) is 23.4 Å². The summed E-state index contributed by atoms with van der Waals surface area (Å²) >= 11 is 4.09. The van der Waals surface area contributed by atoms with Crippen LogP contribution in [-0.4, -0.2) is 33.3 Å². The predicted octanol–water partition coefficient (Wildman–Crippen LogP) is 4.09. The van der Waals surface area contributed by atoms with Gasteiger partial charge >= 0.3 is 0 Å². The molecule has 2 atom stereocenters. The van der Waals surface area contributed by atoms with E-state index in [4.69, 9.17) is 9.97 Å². The second kappa shape index (κ2) is 7.23. The molecule has 5 heteroatoms. The molecule has 2 unspecified atom stereocenters. The molecule has 0 aromatic carbocycles. The van der Waals surface area contributed by atoms with E-state index in [9.17, 15) is 0 Å². The fraction of sp³-hybridized carbons (Fsp3) is 0.750. The Morgan fingerprint density at radius 2 is 1.90 bits per heavy atom. The number of nitrogens with zero attached hydrogens (tertiary/aromatic N) is 2. The zero-order valence-corrected chi connectivity index (χ0v) is 14.7. The average molecular weight is 324 g/mol. The molecule has 0 saturated carbocycles. The van der Waals surface area contributed by atoms with E-state index in [0.717, 1.165) is 31.0 Å². The van der Waals surface area contributed by atoms with Gasteiger partial charge in [0.1, 0.15) is 11.6 Å². The summed E-state index contributed by atoms with van der Waals surface area (Å²) in [6.45, 7) is 5.41. The number of nitrogens with one attached hydrogen (secondary N) is 1. The van der Waals surface area contributed by atoms with E-state index in [0.29, 0.717) is 10.5 Å². The number of aryl methyl sites for hydroxylation is 1. The van der Waals surface area contributed by atoms with Crippen molar-refractivity contribution in [1.29, 1.82) is 0 Å². The minimum Gasteiger partial charge on any atom is -0.370 e. The smallest absolute Gasteiger partial charge is 0.145 e. The highest BCUT2D eigenvalue weighted by molar-refractivity contribution is 8.06. The lowest BCUT2D eigenvalue weighted by Crippen LogP contribution is -2.20. The molecule has 1 aliphatic carbocycles. The van der Waals surface area contributed by atoms with Crippen LogP contribution in [0.3, 0.4) is 0 Å². The van der Waals surface area contributed by atoms with Crippen LogP contribution >= 0.6 is 23.5 Å². The molecule has 1 saturated heterocycles. The first-order valence-corrected chi connectivity index (χ1v) is 10.3. The van der Waals surface area contributed by atoms with Gasteiger partial charge in [0.2, 0.25) is 0 Å². The van der Waals surface area contributed by atoms with Gasteiger partial charge in [-0.2, -0.15) is 11.8 Å². The van der Waals surface area contributed by atoms with Crippen molar-refractivity contribution < 1.29 is 0 Å². The van der Waals surface area contributed by atoms with E-state index in [1.165, 1.54) is 42.0 Å². The lowest BCUT2D eigenvalue weighted by atomic mass is 10.1. The molecular weight excluding hydrogens is 298 g/mol. The van der Waals surface area contributed by atoms with Gasteiger partial charge in [0.05, 0.1) is 5.25 Å². The molecule has 0 radical (unpaired) electrons. The Morgan fingerprint density at radius 1 is 1.10 bits per heavy atom. The van der Waals surface area contributed by atoms with Crippen molar-refractivity contribution in [2.24, 2.45) is 0 Å². The van der Waals surface area contributed by atoms with Crippen molar-refractivity contribution in [3.05, 3.63) is 17.1 Å². The topological polar surface area (TPSA) is 37.8 Å². The summed E-state index contributed by atoms with van der Waals surface area (Å²) in [5, 5.41) is 4.56. The Kier molecular flexibility index (Phi) is 5.33. The quantitative estimate of drug-likeness (QED) is 0.848. The molecule has 3 nitrogen and oxygen atoms in total. The lowest BCUT2D eigenvalue weighted by molar-refractivity contribution is 0.707. The number of hydrogen-bond donors (Lipinski definition) is 1.